The lowest BCUT2D eigenvalue weighted by molar-refractivity contribution is 0.212. The van der Waals surface area contributed by atoms with Gasteiger partial charge < -0.3 is 0 Å². The van der Waals surface area contributed by atoms with Gasteiger partial charge in [0.1, 0.15) is 0 Å². The molecule has 0 amide bonds. The molecule has 0 bridgehead atoms. The third-order valence-electron chi connectivity index (χ3n) is 4.29. The van der Waals surface area contributed by atoms with Crippen LogP contribution in [0.4, 0.5) is 0 Å². The highest BCUT2D eigenvalue weighted by atomic mass is 14.4. The van der Waals surface area contributed by atoms with Crippen LogP contribution in [0.5, 0.6) is 0 Å². The zero-order valence-electron chi connectivity index (χ0n) is 11.9. The van der Waals surface area contributed by atoms with Gasteiger partial charge in [-0.15, -0.1) is 0 Å². The van der Waals surface area contributed by atoms with Crippen LogP contribution in [-0.4, -0.2) is 0 Å². The van der Waals surface area contributed by atoms with E-state index in [-0.39, 0.29) is 0 Å². The van der Waals surface area contributed by atoms with Crippen LogP contribution in [0.1, 0.15) is 80.1 Å². The Labute approximate surface area is 97.8 Å². The molecule has 92 valence electrons. The summed E-state index contributed by atoms with van der Waals surface area (Å²) in [4.78, 5) is 0. The highest BCUT2D eigenvalue weighted by Crippen LogP contribution is 2.49. The fraction of sp³-hybridized carbons (Fsp3) is 1.00. The molecule has 1 rings (SSSR count). The lowest BCUT2D eigenvalue weighted by Crippen LogP contribution is -2.19. The number of rotatable bonds is 3. The fourth-order valence-electron chi connectivity index (χ4n) is 2.91. The van der Waals surface area contributed by atoms with Crippen LogP contribution in [0.25, 0.3) is 0 Å². The van der Waals surface area contributed by atoms with Crippen molar-refractivity contribution in [2.24, 2.45) is 17.3 Å². The van der Waals surface area contributed by atoms with Crippen molar-refractivity contribution in [3.05, 3.63) is 0 Å². The predicted octanol–water partition coefficient (Wildman–Crippen LogP) is 5.67. The monoisotopic (exact) mass is 212 g/mol. The van der Waals surface area contributed by atoms with E-state index in [1.165, 1.54) is 38.5 Å². The Morgan fingerprint density at radius 2 is 1.60 bits per heavy atom. The van der Waals surface area contributed by atoms with Gasteiger partial charge in [-0.3, -0.25) is 0 Å². The Bertz CT molecular complexity index is 148. The quantitative estimate of drug-likeness (QED) is 0.566. The molecule has 0 aromatic heterocycles. The van der Waals surface area contributed by atoms with Crippen LogP contribution in [0.2, 0.25) is 0 Å². The molecule has 3 unspecified atom stereocenters. The van der Waals surface area contributed by atoms with E-state index >= 15 is 0 Å². The second-order valence-corrected chi connectivity index (χ2v) is 5.66. The van der Waals surface area contributed by atoms with E-state index in [9.17, 15) is 0 Å². The van der Waals surface area contributed by atoms with Gasteiger partial charge in [-0.05, 0) is 30.1 Å². The van der Waals surface area contributed by atoms with E-state index in [1.54, 1.807) is 0 Å². The van der Waals surface area contributed by atoms with Crippen LogP contribution >= 0.6 is 0 Å². The summed E-state index contributed by atoms with van der Waals surface area (Å²) in [6, 6.07) is 0. The van der Waals surface area contributed by atoms with Crippen molar-refractivity contribution in [2.75, 3.05) is 0 Å². The average molecular weight is 212 g/mol. The molecule has 0 saturated heterocycles. The van der Waals surface area contributed by atoms with Crippen molar-refractivity contribution in [2.45, 2.75) is 80.1 Å². The van der Waals surface area contributed by atoms with Crippen LogP contribution in [0.3, 0.4) is 0 Å². The summed E-state index contributed by atoms with van der Waals surface area (Å²) in [5.74, 6) is 1.98. The number of hydrogen-bond donors (Lipinski definition) is 0. The zero-order chi connectivity index (χ0) is 11.9. The Morgan fingerprint density at radius 3 is 1.87 bits per heavy atom. The van der Waals surface area contributed by atoms with E-state index in [1.807, 2.05) is 0 Å². The fourth-order valence-corrected chi connectivity index (χ4v) is 2.91. The Hall–Kier alpha value is 0. The summed E-state index contributed by atoms with van der Waals surface area (Å²) in [7, 11) is 0. The van der Waals surface area contributed by atoms with Gasteiger partial charge in [-0.1, -0.05) is 67.2 Å². The summed E-state index contributed by atoms with van der Waals surface area (Å²) < 4.78 is 0. The van der Waals surface area contributed by atoms with Gasteiger partial charge in [0.05, 0.1) is 0 Å². The maximum absolute atomic E-state index is 2.48. The van der Waals surface area contributed by atoms with Gasteiger partial charge in [0.25, 0.3) is 0 Å². The van der Waals surface area contributed by atoms with Crippen molar-refractivity contribution in [1.29, 1.82) is 0 Å². The largest absolute Gasteiger partial charge is 0.0654 e. The highest BCUT2D eigenvalue weighted by Gasteiger charge is 2.39. The van der Waals surface area contributed by atoms with Crippen molar-refractivity contribution in [3.8, 4) is 0 Å². The first kappa shape index (κ1) is 15.0. The van der Waals surface area contributed by atoms with Gasteiger partial charge in [-0.25, -0.2) is 0 Å². The summed E-state index contributed by atoms with van der Waals surface area (Å²) in [5, 5.41) is 0. The normalized spacial score (nSPS) is 34.8. The molecule has 0 aromatic rings. The number of unbranched alkanes of at least 4 members (excludes halogenated alkanes) is 1. The van der Waals surface area contributed by atoms with Crippen LogP contribution < -0.4 is 0 Å². The van der Waals surface area contributed by atoms with E-state index in [4.69, 9.17) is 0 Å². The molecule has 0 aromatic carbocycles. The smallest absolute Gasteiger partial charge is 0.0298 e. The van der Waals surface area contributed by atoms with Gasteiger partial charge in [0.15, 0.2) is 0 Å². The highest BCUT2D eigenvalue weighted by molar-refractivity contribution is 4.89. The standard InChI is InChI=1S/C11H22.C4H10/c1-5-10-7-9(3)8-11(10,4)6-2;1-3-4-2/h9-10H,5-8H2,1-4H3;3-4H2,1-2H3. The number of hydrogen-bond acceptors (Lipinski definition) is 0. The van der Waals surface area contributed by atoms with Crippen molar-refractivity contribution < 1.29 is 0 Å². The molecular formula is C15H32. The molecule has 0 radical (unpaired) electrons. The summed E-state index contributed by atoms with van der Waals surface area (Å²) in [6.07, 6.45) is 8.33. The van der Waals surface area contributed by atoms with Crippen molar-refractivity contribution >= 4 is 0 Å². The molecule has 0 heteroatoms. The third kappa shape index (κ3) is 4.57. The molecule has 0 N–H and O–H groups in total. The second kappa shape index (κ2) is 7.30. The van der Waals surface area contributed by atoms with Crippen LogP contribution in [0, 0.1) is 17.3 Å². The molecular weight excluding hydrogens is 180 g/mol. The zero-order valence-corrected chi connectivity index (χ0v) is 11.9. The minimum absolute atomic E-state index is 0.675. The molecule has 0 spiro atoms. The van der Waals surface area contributed by atoms with E-state index in [0.717, 1.165) is 11.8 Å². The molecule has 0 aliphatic heterocycles. The van der Waals surface area contributed by atoms with Crippen LogP contribution in [-0.2, 0) is 0 Å². The Balaban J connectivity index is 0.000000423. The van der Waals surface area contributed by atoms with E-state index in [0.29, 0.717) is 5.41 Å². The van der Waals surface area contributed by atoms with Gasteiger partial charge >= 0.3 is 0 Å². The maximum Gasteiger partial charge on any atom is -0.0298 e. The maximum atomic E-state index is 2.48. The molecule has 0 nitrogen and oxygen atoms in total. The molecule has 1 aliphatic carbocycles. The Kier molecular flexibility index (Phi) is 7.30. The molecule has 1 aliphatic rings. The topological polar surface area (TPSA) is 0 Å². The minimum Gasteiger partial charge on any atom is -0.0654 e. The lowest BCUT2D eigenvalue weighted by Gasteiger charge is -2.29. The second-order valence-electron chi connectivity index (χ2n) is 5.66. The molecule has 1 fully saturated rings. The first-order valence-electron chi connectivity index (χ1n) is 7.03. The molecule has 3 atom stereocenters. The summed E-state index contributed by atoms with van der Waals surface area (Å²) >= 11 is 0. The van der Waals surface area contributed by atoms with Gasteiger partial charge in [0, 0.05) is 0 Å². The van der Waals surface area contributed by atoms with E-state index < -0.39 is 0 Å². The summed E-state index contributed by atoms with van der Waals surface area (Å²) in [6.45, 7) is 13.9. The first-order chi connectivity index (χ1) is 7.03. The van der Waals surface area contributed by atoms with Gasteiger partial charge in [0.2, 0.25) is 0 Å². The van der Waals surface area contributed by atoms with Gasteiger partial charge in [-0.2, -0.15) is 0 Å². The molecule has 0 heterocycles. The first-order valence-corrected chi connectivity index (χ1v) is 7.03. The molecule has 15 heavy (non-hydrogen) atoms. The average Bonchev–Trinajstić information content (AvgIpc) is 2.54. The van der Waals surface area contributed by atoms with Crippen molar-refractivity contribution in [1.82, 2.24) is 0 Å². The SMILES string of the molecule is CCC1CC(C)CC1(C)CC.CCCC. The predicted molar refractivity (Wildman–Crippen MR) is 71.2 cm³/mol. The van der Waals surface area contributed by atoms with Crippen LogP contribution in [0.15, 0.2) is 0 Å². The molecule has 1 saturated carbocycles. The Morgan fingerprint density at radius 1 is 1.07 bits per heavy atom. The van der Waals surface area contributed by atoms with Crippen molar-refractivity contribution in [3.63, 3.8) is 0 Å². The summed E-state index contributed by atoms with van der Waals surface area (Å²) in [5.41, 5.74) is 0.675. The minimum atomic E-state index is 0.675. The lowest BCUT2D eigenvalue weighted by atomic mass is 9.76. The third-order valence-corrected chi connectivity index (χ3v) is 4.29. The van der Waals surface area contributed by atoms with E-state index in [2.05, 4.69) is 41.5 Å².